The fourth-order valence-corrected chi connectivity index (χ4v) is 3.51. The normalized spacial score (nSPS) is 10.6. The third-order valence-corrected chi connectivity index (χ3v) is 5.17. The van der Waals surface area contributed by atoms with Crippen LogP contribution in [0.3, 0.4) is 0 Å². The van der Waals surface area contributed by atoms with E-state index in [-0.39, 0.29) is 18.4 Å². The van der Waals surface area contributed by atoms with Crippen LogP contribution < -0.4 is 10.6 Å². The molecule has 1 aromatic heterocycles. The molecule has 2 amide bonds. The highest BCUT2D eigenvalue weighted by atomic mass is 16.2. The highest BCUT2D eigenvalue weighted by Gasteiger charge is 2.18. The van der Waals surface area contributed by atoms with E-state index in [0.29, 0.717) is 11.4 Å². The standard InChI is InChI=1S/C26H24N4O2/c1-18-10-9-11-19(2)25(18)28-24(31)17-27-26(32)23-16-22(20-12-5-3-6-13-20)29-30(23)21-14-7-4-8-15-21/h3-16H,17H2,1-2H3,(H,27,32)(H,28,31). The summed E-state index contributed by atoms with van der Waals surface area (Å²) in [5.41, 5.74) is 5.42. The molecule has 0 unspecified atom stereocenters. The molecule has 0 radical (unpaired) electrons. The van der Waals surface area contributed by atoms with Gasteiger partial charge in [0.2, 0.25) is 5.91 Å². The van der Waals surface area contributed by atoms with Crippen LogP contribution in [0.2, 0.25) is 0 Å². The summed E-state index contributed by atoms with van der Waals surface area (Å²) in [5, 5.41) is 10.3. The van der Waals surface area contributed by atoms with E-state index >= 15 is 0 Å². The number of benzene rings is 3. The van der Waals surface area contributed by atoms with E-state index in [2.05, 4.69) is 15.7 Å². The zero-order chi connectivity index (χ0) is 22.5. The molecule has 0 aliphatic rings. The van der Waals surface area contributed by atoms with E-state index < -0.39 is 0 Å². The zero-order valence-corrected chi connectivity index (χ0v) is 18.0. The van der Waals surface area contributed by atoms with Gasteiger partial charge in [0.15, 0.2) is 0 Å². The van der Waals surface area contributed by atoms with Crippen molar-refractivity contribution in [2.75, 3.05) is 11.9 Å². The van der Waals surface area contributed by atoms with Gasteiger partial charge in [-0.2, -0.15) is 5.10 Å². The molecule has 160 valence electrons. The molecule has 4 aromatic rings. The number of hydrogen-bond acceptors (Lipinski definition) is 3. The van der Waals surface area contributed by atoms with Crippen LogP contribution in [0.4, 0.5) is 5.69 Å². The first-order chi connectivity index (χ1) is 15.5. The van der Waals surface area contributed by atoms with Crippen molar-refractivity contribution in [2.45, 2.75) is 13.8 Å². The molecule has 6 nitrogen and oxygen atoms in total. The molecule has 0 aliphatic heterocycles. The monoisotopic (exact) mass is 424 g/mol. The first-order valence-corrected chi connectivity index (χ1v) is 10.4. The van der Waals surface area contributed by atoms with Crippen molar-refractivity contribution in [3.05, 3.63) is 102 Å². The van der Waals surface area contributed by atoms with Crippen molar-refractivity contribution in [3.8, 4) is 16.9 Å². The molecule has 1 heterocycles. The number of rotatable bonds is 6. The smallest absolute Gasteiger partial charge is 0.270 e. The highest BCUT2D eigenvalue weighted by Crippen LogP contribution is 2.22. The molecule has 0 atom stereocenters. The van der Waals surface area contributed by atoms with Gasteiger partial charge in [0, 0.05) is 11.3 Å². The Labute approximate surface area is 186 Å². The SMILES string of the molecule is Cc1cccc(C)c1NC(=O)CNC(=O)c1cc(-c2ccccc2)nn1-c1ccccc1. The number of aryl methyl sites for hydroxylation is 2. The van der Waals surface area contributed by atoms with Crippen LogP contribution in [0.25, 0.3) is 16.9 Å². The van der Waals surface area contributed by atoms with Gasteiger partial charge in [-0.15, -0.1) is 0 Å². The second-order valence-corrected chi connectivity index (χ2v) is 7.53. The van der Waals surface area contributed by atoms with Gasteiger partial charge in [0.25, 0.3) is 5.91 Å². The Kier molecular flexibility index (Phi) is 6.12. The Morgan fingerprint density at radius 2 is 1.47 bits per heavy atom. The van der Waals surface area contributed by atoms with Crippen LogP contribution in [0.15, 0.2) is 84.9 Å². The van der Waals surface area contributed by atoms with Crippen molar-refractivity contribution in [2.24, 2.45) is 0 Å². The summed E-state index contributed by atoms with van der Waals surface area (Å²) >= 11 is 0. The van der Waals surface area contributed by atoms with E-state index in [1.54, 1.807) is 10.7 Å². The maximum Gasteiger partial charge on any atom is 0.270 e. The largest absolute Gasteiger partial charge is 0.342 e. The quantitative estimate of drug-likeness (QED) is 0.478. The van der Waals surface area contributed by atoms with Gasteiger partial charge >= 0.3 is 0 Å². The number of para-hydroxylation sites is 2. The lowest BCUT2D eigenvalue weighted by Gasteiger charge is -2.12. The van der Waals surface area contributed by atoms with Gasteiger partial charge in [0.1, 0.15) is 5.69 Å². The lowest BCUT2D eigenvalue weighted by atomic mass is 10.1. The van der Waals surface area contributed by atoms with Crippen LogP contribution in [-0.2, 0) is 4.79 Å². The Morgan fingerprint density at radius 3 is 2.12 bits per heavy atom. The number of nitrogens with one attached hydrogen (secondary N) is 2. The van der Waals surface area contributed by atoms with Gasteiger partial charge in [0.05, 0.1) is 17.9 Å². The third kappa shape index (κ3) is 4.59. The maximum atomic E-state index is 13.0. The summed E-state index contributed by atoms with van der Waals surface area (Å²) in [6, 6.07) is 26.7. The van der Waals surface area contributed by atoms with Gasteiger partial charge in [-0.3, -0.25) is 9.59 Å². The lowest BCUT2D eigenvalue weighted by Crippen LogP contribution is -2.34. The van der Waals surface area contributed by atoms with Crippen LogP contribution in [0, 0.1) is 13.8 Å². The van der Waals surface area contributed by atoms with Crippen LogP contribution in [0.1, 0.15) is 21.6 Å². The summed E-state index contributed by atoms with van der Waals surface area (Å²) in [6.07, 6.45) is 0. The van der Waals surface area contributed by atoms with E-state index in [1.807, 2.05) is 92.7 Å². The summed E-state index contributed by atoms with van der Waals surface area (Å²) in [7, 11) is 0. The molecule has 0 saturated heterocycles. The van der Waals surface area contributed by atoms with Gasteiger partial charge < -0.3 is 10.6 Å². The first kappa shape index (κ1) is 21.1. The zero-order valence-electron chi connectivity index (χ0n) is 18.0. The molecule has 6 heteroatoms. The van der Waals surface area contributed by atoms with E-state index in [1.165, 1.54) is 0 Å². The van der Waals surface area contributed by atoms with Crippen LogP contribution in [0.5, 0.6) is 0 Å². The van der Waals surface area contributed by atoms with Gasteiger partial charge in [-0.1, -0.05) is 66.7 Å². The minimum absolute atomic E-state index is 0.146. The van der Waals surface area contributed by atoms with Crippen molar-refractivity contribution in [1.82, 2.24) is 15.1 Å². The Bertz CT molecular complexity index is 1230. The first-order valence-electron chi connectivity index (χ1n) is 10.4. The summed E-state index contributed by atoms with van der Waals surface area (Å²) in [6.45, 7) is 3.72. The summed E-state index contributed by atoms with van der Waals surface area (Å²) < 4.78 is 1.60. The molecule has 0 saturated carbocycles. The number of aromatic nitrogens is 2. The second-order valence-electron chi connectivity index (χ2n) is 7.53. The molecule has 3 aromatic carbocycles. The number of anilines is 1. The number of hydrogen-bond donors (Lipinski definition) is 2. The summed E-state index contributed by atoms with van der Waals surface area (Å²) in [5.74, 6) is -0.662. The van der Waals surface area contributed by atoms with Crippen molar-refractivity contribution >= 4 is 17.5 Å². The van der Waals surface area contributed by atoms with Crippen molar-refractivity contribution in [3.63, 3.8) is 0 Å². The molecule has 32 heavy (non-hydrogen) atoms. The molecule has 0 aliphatic carbocycles. The lowest BCUT2D eigenvalue weighted by molar-refractivity contribution is -0.115. The predicted octanol–water partition coefficient (Wildman–Crippen LogP) is 4.52. The van der Waals surface area contributed by atoms with Crippen molar-refractivity contribution in [1.29, 1.82) is 0 Å². The molecular formula is C26H24N4O2. The number of nitrogens with zero attached hydrogens (tertiary/aromatic N) is 2. The van der Waals surface area contributed by atoms with E-state index in [9.17, 15) is 9.59 Å². The third-order valence-electron chi connectivity index (χ3n) is 5.17. The minimum Gasteiger partial charge on any atom is -0.342 e. The molecule has 0 spiro atoms. The van der Waals surface area contributed by atoms with Crippen molar-refractivity contribution < 1.29 is 9.59 Å². The fraction of sp³-hybridized carbons (Fsp3) is 0.115. The maximum absolute atomic E-state index is 13.0. The highest BCUT2D eigenvalue weighted by molar-refractivity contribution is 5.99. The Morgan fingerprint density at radius 1 is 0.844 bits per heavy atom. The van der Waals surface area contributed by atoms with Crippen LogP contribution in [-0.4, -0.2) is 28.1 Å². The molecule has 0 bridgehead atoms. The average Bonchev–Trinajstić information content (AvgIpc) is 3.27. The number of carbonyl (C=O) groups is 2. The van der Waals surface area contributed by atoms with Gasteiger partial charge in [-0.25, -0.2) is 4.68 Å². The minimum atomic E-state index is -0.375. The van der Waals surface area contributed by atoms with E-state index in [0.717, 1.165) is 28.1 Å². The summed E-state index contributed by atoms with van der Waals surface area (Å²) in [4.78, 5) is 25.5. The molecular weight excluding hydrogens is 400 g/mol. The molecule has 4 rings (SSSR count). The molecule has 0 fully saturated rings. The molecule has 2 N–H and O–H groups in total. The number of amides is 2. The predicted molar refractivity (Wildman–Crippen MR) is 126 cm³/mol. The number of carbonyl (C=O) groups excluding carboxylic acids is 2. The van der Waals surface area contributed by atoms with Crippen LogP contribution >= 0.6 is 0 Å². The second kappa shape index (κ2) is 9.31. The van der Waals surface area contributed by atoms with E-state index in [4.69, 9.17) is 0 Å². The average molecular weight is 425 g/mol. The van der Waals surface area contributed by atoms with Gasteiger partial charge in [-0.05, 0) is 43.2 Å². The fourth-order valence-electron chi connectivity index (χ4n) is 3.51. The Hall–Kier alpha value is -4.19. The Balaban J connectivity index is 1.55. The topological polar surface area (TPSA) is 76.0 Å².